The average Bonchev–Trinajstić information content (AvgIpc) is 3.01. The monoisotopic (exact) mass is 353 g/mol. The molecule has 2 N–H and O–H groups in total. The van der Waals surface area contributed by atoms with Gasteiger partial charge in [-0.15, -0.1) is 0 Å². The number of hydrogen-bond acceptors (Lipinski definition) is 4. The summed E-state index contributed by atoms with van der Waals surface area (Å²) >= 11 is 0. The van der Waals surface area contributed by atoms with Gasteiger partial charge in [-0.2, -0.15) is 0 Å². The van der Waals surface area contributed by atoms with E-state index in [1.807, 2.05) is 0 Å². The summed E-state index contributed by atoms with van der Waals surface area (Å²) in [6, 6.07) is 8.32. The van der Waals surface area contributed by atoms with Gasteiger partial charge in [0.15, 0.2) is 5.60 Å². The molecule has 0 aromatic heterocycles. The lowest BCUT2D eigenvalue weighted by Crippen LogP contribution is -2.45. The first-order chi connectivity index (χ1) is 11.9. The molecule has 25 heavy (non-hydrogen) atoms. The first kappa shape index (κ1) is 18.3. The number of alkyl halides is 2. The van der Waals surface area contributed by atoms with Gasteiger partial charge in [0, 0.05) is 31.2 Å². The molecule has 1 heterocycles. The highest BCUT2D eigenvalue weighted by atomic mass is 19.3. The largest absolute Gasteiger partial charge is 0.463 e. The van der Waals surface area contributed by atoms with E-state index in [9.17, 15) is 18.7 Å². The van der Waals surface area contributed by atoms with Gasteiger partial charge in [0.2, 0.25) is 5.92 Å². The van der Waals surface area contributed by atoms with E-state index in [0.717, 1.165) is 25.9 Å². The van der Waals surface area contributed by atoms with E-state index in [2.05, 4.69) is 5.32 Å². The number of ether oxygens (including phenoxy) is 1. The summed E-state index contributed by atoms with van der Waals surface area (Å²) in [5.41, 5.74) is -1.70. The molecular weight excluding hydrogens is 328 g/mol. The normalized spacial score (nSPS) is 28.3. The molecule has 1 aromatic rings. The van der Waals surface area contributed by atoms with Crippen LogP contribution in [0.1, 0.15) is 37.7 Å². The van der Waals surface area contributed by atoms with E-state index in [0.29, 0.717) is 5.56 Å². The summed E-state index contributed by atoms with van der Waals surface area (Å²) in [6.07, 6.45) is 1.25. The molecule has 1 aromatic carbocycles. The van der Waals surface area contributed by atoms with Crippen molar-refractivity contribution in [1.82, 2.24) is 5.32 Å². The van der Waals surface area contributed by atoms with Crippen molar-refractivity contribution in [2.24, 2.45) is 11.8 Å². The fourth-order valence-corrected chi connectivity index (χ4v) is 3.89. The molecule has 0 spiro atoms. The third kappa shape index (κ3) is 4.01. The zero-order chi connectivity index (χ0) is 17.9. The summed E-state index contributed by atoms with van der Waals surface area (Å²) in [6.45, 7) is 1.91. The van der Waals surface area contributed by atoms with Crippen LogP contribution in [0.15, 0.2) is 30.3 Å². The number of hydrogen-bond donors (Lipinski definition) is 2. The fourth-order valence-electron chi connectivity index (χ4n) is 3.89. The molecule has 0 unspecified atom stereocenters. The van der Waals surface area contributed by atoms with E-state index >= 15 is 0 Å². The summed E-state index contributed by atoms with van der Waals surface area (Å²) in [5, 5.41) is 14.4. The van der Waals surface area contributed by atoms with Crippen LogP contribution in [-0.4, -0.2) is 36.7 Å². The average molecular weight is 353 g/mol. The van der Waals surface area contributed by atoms with Crippen molar-refractivity contribution in [1.29, 1.82) is 0 Å². The highest BCUT2D eigenvalue weighted by molar-refractivity contribution is 5.81. The van der Waals surface area contributed by atoms with Crippen LogP contribution in [-0.2, 0) is 15.1 Å². The fraction of sp³-hybridized carbons (Fsp3) is 0.632. The van der Waals surface area contributed by atoms with Gasteiger partial charge in [-0.05, 0) is 31.4 Å². The zero-order valence-electron chi connectivity index (χ0n) is 14.2. The molecule has 0 bridgehead atoms. The van der Waals surface area contributed by atoms with Gasteiger partial charge in [-0.25, -0.2) is 13.6 Å². The number of aliphatic hydroxyl groups is 1. The molecule has 0 amide bonds. The smallest absolute Gasteiger partial charge is 0.343 e. The lowest BCUT2D eigenvalue weighted by Gasteiger charge is -2.33. The van der Waals surface area contributed by atoms with Gasteiger partial charge in [0.05, 0.1) is 6.61 Å². The molecule has 0 radical (unpaired) electrons. The number of esters is 1. The van der Waals surface area contributed by atoms with Crippen molar-refractivity contribution in [2.75, 3.05) is 19.7 Å². The maximum Gasteiger partial charge on any atom is 0.343 e. The Bertz CT molecular complexity index is 590. The van der Waals surface area contributed by atoms with Crippen LogP contribution in [0.5, 0.6) is 0 Å². The minimum Gasteiger partial charge on any atom is -0.463 e. The maximum absolute atomic E-state index is 13.7. The second kappa shape index (κ2) is 7.38. The molecule has 6 heteroatoms. The summed E-state index contributed by atoms with van der Waals surface area (Å²) in [7, 11) is 0. The van der Waals surface area contributed by atoms with Crippen molar-refractivity contribution in [2.45, 2.75) is 43.6 Å². The minimum absolute atomic E-state index is 0.0957. The Morgan fingerprint density at radius 2 is 2.08 bits per heavy atom. The zero-order valence-corrected chi connectivity index (χ0v) is 14.2. The molecule has 4 nitrogen and oxygen atoms in total. The standard InChI is InChI=1S/C19H25F2NO3/c20-18(21)9-8-16(11-18)19(24,15-6-2-1-3-7-15)17(23)25-13-14-5-4-10-22-12-14/h1-3,6-7,14,16,22,24H,4-5,8-13H2/t14-,16-,19+/m1/s1. The second-order valence-corrected chi connectivity index (χ2v) is 7.24. The van der Waals surface area contributed by atoms with Crippen LogP contribution in [0.2, 0.25) is 0 Å². The van der Waals surface area contributed by atoms with Gasteiger partial charge in [-0.3, -0.25) is 0 Å². The van der Waals surface area contributed by atoms with Crippen molar-refractivity contribution >= 4 is 5.97 Å². The Labute approximate surface area is 146 Å². The van der Waals surface area contributed by atoms with Crippen LogP contribution in [0.3, 0.4) is 0 Å². The Morgan fingerprint density at radius 3 is 2.68 bits per heavy atom. The summed E-state index contributed by atoms with van der Waals surface area (Å²) in [5.74, 6) is -4.31. The van der Waals surface area contributed by atoms with Crippen LogP contribution >= 0.6 is 0 Å². The van der Waals surface area contributed by atoms with Crippen LogP contribution in [0, 0.1) is 11.8 Å². The lowest BCUT2D eigenvalue weighted by molar-refractivity contribution is -0.176. The van der Waals surface area contributed by atoms with Crippen LogP contribution in [0.25, 0.3) is 0 Å². The maximum atomic E-state index is 13.7. The molecule has 3 rings (SSSR count). The molecular formula is C19H25F2NO3. The van der Waals surface area contributed by atoms with Crippen LogP contribution in [0.4, 0.5) is 8.78 Å². The quantitative estimate of drug-likeness (QED) is 0.799. The third-order valence-electron chi connectivity index (χ3n) is 5.37. The van der Waals surface area contributed by atoms with Crippen molar-refractivity contribution in [3.63, 3.8) is 0 Å². The highest BCUT2D eigenvalue weighted by Gasteiger charge is 2.54. The van der Waals surface area contributed by atoms with Crippen molar-refractivity contribution < 1.29 is 23.4 Å². The van der Waals surface area contributed by atoms with E-state index in [1.54, 1.807) is 30.3 Å². The summed E-state index contributed by atoms with van der Waals surface area (Å²) in [4.78, 5) is 12.8. The number of carbonyl (C=O) groups is 1. The van der Waals surface area contributed by atoms with Gasteiger partial charge >= 0.3 is 5.97 Å². The topological polar surface area (TPSA) is 58.6 Å². The molecule has 138 valence electrons. The SMILES string of the molecule is O=C(OC[C@@H]1CCCNC1)[C@](O)(c1ccccc1)[C@@H]1CCC(F)(F)C1. The van der Waals surface area contributed by atoms with E-state index in [1.165, 1.54) is 0 Å². The molecule has 1 saturated heterocycles. The third-order valence-corrected chi connectivity index (χ3v) is 5.37. The van der Waals surface area contributed by atoms with E-state index < -0.39 is 29.8 Å². The van der Waals surface area contributed by atoms with Gasteiger partial charge in [-0.1, -0.05) is 30.3 Å². The highest BCUT2D eigenvalue weighted by Crippen LogP contribution is 2.47. The van der Waals surface area contributed by atoms with Crippen LogP contribution < -0.4 is 5.32 Å². The number of benzene rings is 1. The molecule has 3 atom stereocenters. The minimum atomic E-state index is -2.85. The Hall–Kier alpha value is -1.53. The van der Waals surface area contributed by atoms with Gasteiger partial charge in [0.25, 0.3) is 0 Å². The van der Waals surface area contributed by atoms with Crippen molar-refractivity contribution in [3.8, 4) is 0 Å². The van der Waals surface area contributed by atoms with Gasteiger partial charge < -0.3 is 15.2 Å². The molecule has 2 aliphatic rings. The predicted octanol–water partition coefficient (Wildman–Crippen LogP) is 2.85. The molecule has 2 fully saturated rings. The Morgan fingerprint density at radius 1 is 1.32 bits per heavy atom. The second-order valence-electron chi connectivity index (χ2n) is 7.24. The van der Waals surface area contributed by atoms with Crippen molar-refractivity contribution in [3.05, 3.63) is 35.9 Å². The molecule has 1 aliphatic heterocycles. The lowest BCUT2D eigenvalue weighted by atomic mass is 9.80. The Balaban J connectivity index is 1.77. The number of nitrogens with one attached hydrogen (secondary N) is 1. The Kier molecular flexibility index (Phi) is 5.39. The number of halogens is 2. The molecule has 1 saturated carbocycles. The number of rotatable bonds is 5. The molecule has 1 aliphatic carbocycles. The van der Waals surface area contributed by atoms with E-state index in [4.69, 9.17) is 4.74 Å². The first-order valence-corrected chi connectivity index (χ1v) is 8.95. The van der Waals surface area contributed by atoms with Gasteiger partial charge in [0.1, 0.15) is 0 Å². The first-order valence-electron chi connectivity index (χ1n) is 8.95. The number of carbonyl (C=O) groups excluding carboxylic acids is 1. The van der Waals surface area contributed by atoms with E-state index in [-0.39, 0.29) is 25.4 Å². The number of piperidine rings is 1. The summed E-state index contributed by atoms with van der Waals surface area (Å²) < 4.78 is 32.8. The predicted molar refractivity (Wildman–Crippen MR) is 89.2 cm³/mol.